The summed E-state index contributed by atoms with van der Waals surface area (Å²) in [6, 6.07) is 0. The zero-order chi connectivity index (χ0) is 7.40. The van der Waals surface area contributed by atoms with E-state index in [1.807, 2.05) is 0 Å². The average Bonchev–Trinajstić information content (AvgIpc) is 2.04. The van der Waals surface area contributed by atoms with Crippen LogP contribution < -0.4 is 0 Å². The quantitative estimate of drug-likeness (QED) is 0.536. The molecule has 0 amide bonds. The van der Waals surface area contributed by atoms with Crippen LogP contribution in [-0.2, 0) is 0 Å². The molecular formula is C7H14S2Se. The predicted molar refractivity (Wildman–Crippen MR) is 54.7 cm³/mol. The maximum absolute atomic E-state index is 4.35. The molecule has 0 aromatic rings. The van der Waals surface area contributed by atoms with Gasteiger partial charge in [0.1, 0.15) is 0 Å². The van der Waals surface area contributed by atoms with E-state index in [-0.39, 0.29) is 0 Å². The fourth-order valence-electron chi connectivity index (χ4n) is 1.28. The molecule has 0 aromatic carbocycles. The Bertz CT molecular complexity index is 85.6. The molecule has 1 rings (SSSR count). The van der Waals surface area contributed by atoms with Crippen molar-refractivity contribution in [3.63, 3.8) is 0 Å². The molecule has 1 aliphatic heterocycles. The molecular weight excluding hydrogens is 227 g/mol. The first-order chi connectivity index (χ1) is 4.88. The second kappa shape index (κ2) is 4.97. The standard InChI is InChI=1S/C7H14S2Se/c8-3-6-1-2-10-5-7(6)4-9/h6-9H,1-5H2. The molecule has 1 fully saturated rings. The van der Waals surface area contributed by atoms with Crippen LogP contribution in [0.25, 0.3) is 0 Å². The van der Waals surface area contributed by atoms with E-state index in [2.05, 4.69) is 25.3 Å². The van der Waals surface area contributed by atoms with Crippen LogP contribution in [0, 0.1) is 11.8 Å². The molecule has 1 heterocycles. The Morgan fingerprint density at radius 1 is 1.20 bits per heavy atom. The first-order valence-electron chi connectivity index (χ1n) is 3.68. The third-order valence-electron chi connectivity index (χ3n) is 2.10. The van der Waals surface area contributed by atoms with Crippen molar-refractivity contribution < 1.29 is 0 Å². The van der Waals surface area contributed by atoms with Crippen molar-refractivity contribution in [2.45, 2.75) is 17.1 Å². The molecule has 0 nitrogen and oxygen atoms in total. The van der Waals surface area contributed by atoms with E-state index < -0.39 is 0 Å². The molecule has 1 saturated heterocycles. The molecule has 60 valence electrons. The van der Waals surface area contributed by atoms with E-state index in [1.165, 1.54) is 17.1 Å². The van der Waals surface area contributed by atoms with Gasteiger partial charge in [-0.2, -0.15) is 0 Å². The molecule has 2 atom stereocenters. The first kappa shape index (κ1) is 9.31. The van der Waals surface area contributed by atoms with Gasteiger partial charge in [-0.25, -0.2) is 0 Å². The van der Waals surface area contributed by atoms with Crippen LogP contribution in [-0.4, -0.2) is 26.5 Å². The molecule has 0 N–H and O–H groups in total. The van der Waals surface area contributed by atoms with Crippen molar-refractivity contribution in [1.29, 1.82) is 0 Å². The maximum atomic E-state index is 4.35. The van der Waals surface area contributed by atoms with Crippen LogP contribution in [0.3, 0.4) is 0 Å². The Morgan fingerprint density at radius 2 is 1.90 bits per heavy atom. The molecule has 2 unspecified atom stereocenters. The van der Waals surface area contributed by atoms with Crippen molar-refractivity contribution in [2.75, 3.05) is 11.5 Å². The second-order valence-corrected chi connectivity index (χ2v) is 5.89. The van der Waals surface area contributed by atoms with Gasteiger partial charge in [-0.05, 0) is 0 Å². The monoisotopic (exact) mass is 242 g/mol. The Hall–Kier alpha value is 1.22. The first-order valence-corrected chi connectivity index (χ1v) is 7.36. The van der Waals surface area contributed by atoms with E-state index in [0.717, 1.165) is 38.3 Å². The Labute approximate surface area is 80.5 Å². The molecule has 0 spiro atoms. The van der Waals surface area contributed by atoms with Crippen molar-refractivity contribution >= 4 is 40.2 Å². The Kier molecular flexibility index (Phi) is 4.63. The summed E-state index contributed by atoms with van der Waals surface area (Å²) < 4.78 is 0. The van der Waals surface area contributed by atoms with E-state index in [4.69, 9.17) is 0 Å². The molecule has 0 aliphatic carbocycles. The minimum atomic E-state index is 0.872. The fourth-order valence-corrected chi connectivity index (χ4v) is 5.37. The summed E-state index contributed by atoms with van der Waals surface area (Å²) in [4.78, 5) is 0. The van der Waals surface area contributed by atoms with Crippen LogP contribution >= 0.6 is 25.3 Å². The van der Waals surface area contributed by atoms with Gasteiger partial charge in [-0.15, -0.1) is 0 Å². The van der Waals surface area contributed by atoms with Gasteiger partial charge in [0.2, 0.25) is 0 Å². The number of hydrogen-bond acceptors (Lipinski definition) is 2. The predicted octanol–water partition coefficient (Wildman–Crippen LogP) is 2.02. The number of thiol groups is 2. The van der Waals surface area contributed by atoms with Crippen LogP contribution in [0.4, 0.5) is 0 Å². The summed E-state index contributed by atoms with van der Waals surface area (Å²) in [5.74, 6) is 3.90. The van der Waals surface area contributed by atoms with E-state index in [9.17, 15) is 0 Å². The summed E-state index contributed by atoms with van der Waals surface area (Å²) in [5, 5.41) is 2.92. The molecule has 0 bridgehead atoms. The van der Waals surface area contributed by atoms with Crippen LogP contribution in [0.15, 0.2) is 0 Å². The molecule has 0 radical (unpaired) electrons. The zero-order valence-electron chi connectivity index (χ0n) is 5.99. The average molecular weight is 241 g/mol. The van der Waals surface area contributed by atoms with E-state index >= 15 is 0 Å². The summed E-state index contributed by atoms with van der Waals surface area (Å²) in [7, 11) is 0. The van der Waals surface area contributed by atoms with E-state index in [0.29, 0.717) is 0 Å². The van der Waals surface area contributed by atoms with Crippen LogP contribution in [0.1, 0.15) is 6.42 Å². The fraction of sp³-hybridized carbons (Fsp3) is 1.00. The molecule has 0 aromatic heterocycles. The SMILES string of the molecule is SCC1CC[Se]CC1CS. The van der Waals surface area contributed by atoms with Gasteiger partial charge in [0, 0.05) is 0 Å². The second-order valence-electron chi connectivity index (χ2n) is 2.75. The van der Waals surface area contributed by atoms with Crippen molar-refractivity contribution in [3.8, 4) is 0 Å². The van der Waals surface area contributed by atoms with Crippen molar-refractivity contribution in [2.24, 2.45) is 11.8 Å². The number of hydrogen-bond donors (Lipinski definition) is 2. The van der Waals surface area contributed by atoms with Crippen LogP contribution in [0.2, 0.25) is 10.6 Å². The van der Waals surface area contributed by atoms with Crippen molar-refractivity contribution in [1.82, 2.24) is 0 Å². The minimum absolute atomic E-state index is 0.872. The third kappa shape index (κ3) is 2.37. The number of rotatable bonds is 2. The normalized spacial score (nSPS) is 34.2. The van der Waals surface area contributed by atoms with Gasteiger partial charge >= 0.3 is 80.6 Å². The van der Waals surface area contributed by atoms with Gasteiger partial charge in [-0.1, -0.05) is 0 Å². The van der Waals surface area contributed by atoms with Gasteiger partial charge in [0.05, 0.1) is 0 Å². The third-order valence-corrected chi connectivity index (χ3v) is 5.53. The van der Waals surface area contributed by atoms with Gasteiger partial charge in [-0.3, -0.25) is 0 Å². The Morgan fingerprint density at radius 3 is 2.40 bits per heavy atom. The van der Waals surface area contributed by atoms with Gasteiger partial charge in [0.15, 0.2) is 0 Å². The molecule has 1 aliphatic rings. The zero-order valence-corrected chi connectivity index (χ0v) is 9.49. The summed E-state index contributed by atoms with van der Waals surface area (Å²) in [6.07, 6.45) is 1.41. The molecule has 0 saturated carbocycles. The van der Waals surface area contributed by atoms with Crippen LogP contribution in [0.5, 0.6) is 0 Å². The summed E-state index contributed by atoms with van der Waals surface area (Å²) in [6.45, 7) is 0. The van der Waals surface area contributed by atoms with Gasteiger partial charge < -0.3 is 0 Å². The molecule has 10 heavy (non-hydrogen) atoms. The summed E-state index contributed by atoms with van der Waals surface area (Å²) >= 11 is 9.63. The van der Waals surface area contributed by atoms with E-state index in [1.54, 1.807) is 0 Å². The summed E-state index contributed by atoms with van der Waals surface area (Å²) in [5.41, 5.74) is 0. The van der Waals surface area contributed by atoms with Gasteiger partial charge in [0.25, 0.3) is 0 Å². The molecule has 3 heteroatoms. The topological polar surface area (TPSA) is 0 Å². The van der Waals surface area contributed by atoms with Crippen molar-refractivity contribution in [3.05, 3.63) is 0 Å². The Balaban J connectivity index is 2.34.